The van der Waals surface area contributed by atoms with Crippen LogP contribution in [0.25, 0.3) is 0 Å². The van der Waals surface area contributed by atoms with Gasteiger partial charge in [0.2, 0.25) is 0 Å². The Hall–Kier alpha value is -2.86. The van der Waals surface area contributed by atoms with Crippen molar-refractivity contribution >= 4 is 12.1 Å². The summed E-state index contributed by atoms with van der Waals surface area (Å²) in [5.41, 5.74) is 0.997. The highest BCUT2D eigenvalue weighted by Crippen LogP contribution is 2.15. The number of nitrogens with two attached hydrogens (primary N) is 1. The molecule has 0 spiro atoms. The molecule has 2 rings (SSSR count). The molecule has 6 heteroatoms. The summed E-state index contributed by atoms with van der Waals surface area (Å²) in [5, 5.41) is 0.810. The Morgan fingerprint density at radius 2 is 1.48 bits per heavy atom. The molecule has 0 saturated heterocycles. The molecule has 2 N–H and O–H groups in total. The molecule has 0 aliphatic carbocycles. The van der Waals surface area contributed by atoms with Crippen molar-refractivity contribution in [2.24, 2.45) is 5.84 Å². The zero-order chi connectivity index (χ0) is 19.9. The predicted molar refractivity (Wildman–Crippen MR) is 102 cm³/mol. The second-order valence-corrected chi connectivity index (χ2v) is 7.19. The van der Waals surface area contributed by atoms with Crippen LogP contribution in [0.15, 0.2) is 60.7 Å². The minimum Gasteiger partial charge on any atom is -0.458 e. The summed E-state index contributed by atoms with van der Waals surface area (Å²) in [6, 6.07) is 17.6. The third kappa shape index (κ3) is 6.75. The lowest BCUT2D eigenvalue weighted by atomic mass is 10.1. The molecule has 0 bridgehead atoms. The van der Waals surface area contributed by atoms with Crippen molar-refractivity contribution in [2.75, 3.05) is 0 Å². The minimum atomic E-state index is -0.991. The van der Waals surface area contributed by atoms with Gasteiger partial charge >= 0.3 is 12.1 Å². The molecule has 0 aliphatic heterocycles. The van der Waals surface area contributed by atoms with E-state index in [4.69, 9.17) is 15.3 Å². The molecule has 2 aromatic carbocycles. The molecule has 0 aromatic heterocycles. The smallest absolute Gasteiger partial charge is 0.425 e. The molecule has 1 atom stereocenters. The van der Waals surface area contributed by atoms with Gasteiger partial charge in [-0.3, -0.25) is 0 Å². The molecule has 2 aromatic rings. The summed E-state index contributed by atoms with van der Waals surface area (Å²) in [6.07, 6.45) is -0.558. The molecular weight excluding hydrogens is 344 g/mol. The molecule has 6 nitrogen and oxygen atoms in total. The number of hydrazine groups is 1. The number of hydrogen-bond acceptors (Lipinski definition) is 5. The summed E-state index contributed by atoms with van der Waals surface area (Å²) in [4.78, 5) is 25.0. The van der Waals surface area contributed by atoms with Gasteiger partial charge in [-0.1, -0.05) is 60.7 Å². The first kappa shape index (κ1) is 20.5. The lowest BCUT2D eigenvalue weighted by Gasteiger charge is -2.29. The van der Waals surface area contributed by atoms with E-state index in [0.29, 0.717) is 0 Å². The fourth-order valence-electron chi connectivity index (χ4n) is 2.42. The summed E-state index contributed by atoms with van der Waals surface area (Å²) >= 11 is 0. The van der Waals surface area contributed by atoms with Gasteiger partial charge in [-0.05, 0) is 31.9 Å². The highest BCUT2D eigenvalue weighted by molar-refractivity contribution is 5.81. The SMILES string of the molecule is CC(C)(C)OC(=O)[C@H](Cc1ccccc1)N(N)C(=O)OCc1ccccc1. The highest BCUT2D eigenvalue weighted by Gasteiger charge is 2.33. The number of esters is 1. The summed E-state index contributed by atoms with van der Waals surface area (Å²) in [5.74, 6) is 5.37. The molecule has 0 aliphatic rings. The van der Waals surface area contributed by atoms with Crippen LogP contribution in [0, 0.1) is 0 Å². The summed E-state index contributed by atoms with van der Waals surface area (Å²) in [7, 11) is 0. The second-order valence-electron chi connectivity index (χ2n) is 7.19. The number of nitrogens with zero attached hydrogens (tertiary/aromatic N) is 1. The molecule has 0 radical (unpaired) electrons. The Bertz CT molecular complexity index is 742. The fraction of sp³-hybridized carbons (Fsp3) is 0.333. The number of ether oxygens (including phenoxy) is 2. The Kier molecular flexibility index (Phi) is 6.96. The van der Waals surface area contributed by atoms with E-state index in [9.17, 15) is 9.59 Å². The Balaban J connectivity index is 2.10. The van der Waals surface area contributed by atoms with Crippen LogP contribution in [0.1, 0.15) is 31.9 Å². The fourth-order valence-corrected chi connectivity index (χ4v) is 2.42. The normalized spacial score (nSPS) is 12.1. The van der Waals surface area contributed by atoms with Gasteiger partial charge in [0.05, 0.1) is 0 Å². The monoisotopic (exact) mass is 370 g/mol. The lowest BCUT2D eigenvalue weighted by molar-refractivity contribution is -0.161. The molecule has 1 amide bonds. The number of amides is 1. The van der Waals surface area contributed by atoms with Crippen molar-refractivity contribution in [1.29, 1.82) is 0 Å². The third-order valence-electron chi connectivity index (χ3n) is 3.70. The first-order valence-electron chi connectivity index (χ1n) is 8.77. The number of hydrogen-bond donors (Lipinski definition) is 1. The van der Waals surface area contributed by atoms with E-state index in [1.165, 1.54) is 0 Å². The van der Waals surface area contributed by atoms with Crippen LogP contribution >= 0.6 is 0 Å². The molecule has 0 unspecified atom stereocenters. The van der Waals surface area contributed by atoms with Crippen LogP contribution in [0.3, 0.4) is 0 Å². The molecule has 0 heterocycles. The van der Waals surface area contributed by atoms with Gasteiger partial charge in [0.15, 0.2) is 6.04 Å². The van der Waals surface area contributed by atoms with Crippen LogP contribution in [-0.2, 0) is 27.3 Å². The standard InChI is InChI=1S/C21H26N2O4/c1-21(2,3)27-19(24)18(14-16-10-6-4-7-11-16)23(22)20(25)26-15-17-12-8-5-9-13-17/h4-13,18H,14-15,22H2,1-3H3/t18-/m0/s1. The van der Waals surface area contributed by atoms with Crippen molar-refractivity contribution in [1.82, 2.24) is 5.01 Å². The molecular formula is C21H26N2O4. The van der Waals surface area contributed by atoms with E-state index in [0.717, 1.165) is 16.1 Å². The Morgan fingerprint density at radius 3 is 2.00 bits per heavy atom. The van der Waals surface area contributed by atoms with Gasteiger partial charge in [0.25, 0.3) is 0 Å². The average molecular weight is 370 g/mol. The van der Waals surface area contributed by atoms with E-state index in [2.05, 4.69) is 0 Å². The maximum atomic E-state index is 12.6. The van der Waals surface area contributed by atoms with Crippen LogP contribution in [-0.4, -0.2) is 28.7 Å². The van der Waals surface area contributed by atoms with E-state index in [1.807, 2.05) is 60.7 Å². The number of carbonyl (C=O) groups is 2. The molecule has 0 saturated carbocycles. The number of benzene rings is 2. The van der Waals surface area contributed by atoms with Crippen molar-refractivity contribution in [3.63, 3.8) is 0 Å². The van der Waals surface area contributed by atoms with E-state index >= 15 is 0 Å². The Morgan fingerprint density at radius 1 is 0.963 bits per heavy atom. The van der Waals surface area contributed by atoms with Gasteiger partial charge < -0.3 is 9.47 Å². The first-order chi connectivity index (χ1) is 12.8. The van der Waals surface area contributed by atoms with Crippen LogP contribution < -0.4 is 5.84 Å². The average Bonchev–Trinajstić information content (AvgIpc) is 2.64. The van der Waals surface area contributed by atoms with Crippen molar-refractivity contribution in [3.05, 3.63) is 71.8 Å². The van der Waals surface area contributed by atoms with Crippen molar-refractivity contribution in [2.45, 2.75) is 45.4 Å². The summed E-state index contributed by atoms with van der Waals surface area (Å²) in [6.45, 7) is 5.36. The third-order valence-corrected chi connectivity index (χ3v) is 3.70. The lowest BCUT2D eigenvalue weighted by Crippen LogP contribution is -2.52. The quantitative estimate of drug-likeness (QED) is 0.364. The van der Waals surface area contributed by atoms with Crippen LogP contribution in [0.4, 0.5) is 4.79 Å². The second kappa shape index (κ2) is 9.19. The van der Waals surface area contributed by atoms with Crippen molar-refractivity contribution in [3.8, 4) is 0 Å². The largest absolute Gasteiger partial charge is 0.458 e. The van der Waals surface area contributed by atoms with Gasteiger partial charge in [0, 0.05) is 6.42 Å². The topological polar surface area (TPSA) is 81.9 Å². The molecule has 0 fully saturated rings. The van der Waals surface area contributed by atoms with Crippen molar-refractivity contribution < 1.29 is 19.1 Å². The maximum absolute atomic E-state index is 12.6. The summed E-state index contributed by atoms with van der Waals surface area (Å²) < 4.78 is 10.7. The first-order valence-corrected chi connectivity index (χ1v) is 8.77. The Labute approximate surface area is 159 Å². The molecule has 27 heavy (non-hydrogen) atoms. The van der Waals surface area contributed by atoms with Gasteiger partial charge in [0.1, 0.15) is 12.2 Å². The molecule has 144 valence electrons. The van der Waals surface area contributed by atoms with E-state index in [-0.39, 0.29) is 13.0 Å². The minimum absolute atomic E-state index is 0.0692. The maximum Gasteiger partial charge on any atom is 0.425 e. The van der Waals surface area contributed by atoms with Gasteiger partial charge in [-0.15, -0.1) is 0 Å². The van der Waals surface area contributed by atoms with E-state index < -0.39 is 23.7 Å². The van der Waals surface area contributed by atoms with Crippen LogP contribution in [0.2, 0.25) is 0 Å². The zero-order valence-corrected chi connectivity index (χ0v) is 15.9. The number of rotatable bonds is 6. The number of carbonyl (C=O) groups excluding carboxylic acids is 2. The highest BCUT2D eigenvalue weighted by atomic mass is 16.6. The van der Waals surface area contributed by atoms with Gasteiger partial charge in [-0.25, -0.2) is 20.4 Å². The van der Waals surface area contributed by atoms with Crippen LogP contribution in [0.5, 0.6) is 0 Å². The predicted octanol–water partition coefficient (Wildman–Crippen LogP) is 3.45. The van der Waals surface area contributed by atoms with E-state index in [1.54, 1.807) is 20.8 Å². The van der Waals surface area contributed by atoms with Gasteiger partial charge in [-0.2, -0.15) is 0 Å². The zero-order valence-electron chi connectivity index (χ0n) is 15.9.